The fraction of sp³-hybridized carbons (Fsp3) is 0.417. The van der Waals surface area contributed by atoms with E-state index in [1.54, 1.807) is 4.90 Å². The molecule has 1 aromatic carbocycles. The molecule has 0 radical (unpaired) electrons. The van der Waals surface area contributed by atoms with Crippen LogP contribution < -0.4 is 0 Å². The van der Waals surface area contributed by atoms with Crippen LogP contribution in [0.4, 0.5) is 5.69 Å². The van der Waals surface area contributed by atoms with Crippen molar-refractivity contribution in [1.82, 2.24) is 4.90 Å². The molecule has 1 amide bonds. The standard InChI is InChI=1S/C12H14N4O2/c13-15-14-9-4-5-11(17)10(8-9)12(18)16-6-2-1-3-7-16/h4-5,8,17H,1-3,6-7H2. The highest BCUT2D eigenvalue weighted by molar-refractivity contribution is 5.97. The number of nitrogens with zero attached hydrogens (tertiary/aromatic N) is 4. The number of piperidine rings is 1. The van der Waals surface area contributed by atoms with Crippen LogP contribution in [0.25, 0.3) is 10.4 Å². The van der Waals surface area contributed by atoms with Gasteiger partial charge in [-0.25, -0.2) is 0 Å². The third-order valence-corrected chi connectivity index (χ3v) is 3.01. The number of likely N-dealkylation sites (tertiary alicyclic amines) is 1. The Morgan fingerprint density at radius 2 is 2.06 bits per heavy atom. The molecule has 1 aliphatic rings. The lowest BCUT2D eigenvalue weighted by molar-refractivity contribution is 0.0721. The van der Waals surface area contributed by atoms with Crippen molar-refractivity contribution in [2.75, 3.05) is 13.1 Å². The van der Waals surface area contributed by atoms with Crippen LogP contribution in [0.2, 0.25) is 0 Å². The predicted molar refractivity (Wildman–Crippen MR) is 66.7 cm³/mol. The normalized spacial score (nSPS) is 15.0. The van der Waals surface area contributed by atoms with E-state index in [2.05, 4.69) is 10.0 Å². The number of rotatable bonds is 2. The molecule has 0 aromatic heterocycles. The van der Waals surface area contributed by atoms with E-state index in [9.17, 15) is 9.90 Å². The van der Waals surface area contributed by atoms with Crippen LogP contribution in [0.15, 0.2) is 23.3 Å². The van der Waals surface area contributed by atoms with Gasteiger partial charge < -0.3 is 10.0 Å². The minimum Gasteiger partial charge on any atom is -0.507 e. The van der Waals surface area contributed by atoms with E-state index in [4.69, 9.17) is 5.53 Å². The maximum atomic E-state index is 12.2. The molecule has 1 heterocycles. The van der Waals surface area contributed by atoms with Crippen molar-refractivity contribution in [3.05, 3.63) is 34.2 Å². The van der Waals surface area contributed by atoms with Crippen molar-refractivity contribution in [2.24, 2.45) is 5.11 Å². The molecule has 6 nitrogen and oxygen atoms in total. The van der Waals surface area contributed by atoms with E-state index in [-0.39, 0.29) is 17.2 Å². The van der Waals surface area contributed by atoms with Gasteiger partial charge in [-0.15, -0.1) is 0 Å². The molecule has 0 atom stereocenters. The average molecular weight is 246 g/mol. The van der Waals surface area contributed by atoms with Crippen LogP contribution >= 0.6 is 0 Å². The van der Waals surface area contributed by atoms with E-state index < -0.39 is 0 Å². The number of benzene rings is 1. The Bertz CT molecular complexity index is 503. The van der Waals surface area contributed by atoms with Crippen molar-refractivity contribution in [3.63, 3.8) is 0 Å². The summed E-state index contributed by atoms with van der Waals surface area (Å²) in [5.74, 6) is -0.287. The third-order valence-electron chi connectivity index (χ3n) is 3.01. The number of carbonyl (C=O) groups is 1. The van der Waals surface area contributed by atoms with Gasteiger partial charge in [0.1, 0.15) is 5.75 Å². The number of amides is 1. The zero-order valence-electron chi connectivity index (χ0n) is 9.91. The molecular weight excluding hydrogens is 232 g/mol. The first kappa shape index (κ1) is 12.3. The van der Waals surface area contributed by atoms with Crippen molar-refractivity contribution < 1.29 is 9.90 Å². The maximum absolute atomic E-state index is 12.2. The van der Waals surface area contributed by atoms with Gasteiger partial charge in [-0.05, 0) is 43.0 Å². The van der Waals surface area contributed by atoms with Crippen LogP contribution in [-0.4, -0.2) is 29.0 Å². The van der Waals surface area contributed by atoms with Crippen LogP contribution in [0.1, 0.15) is 29.6 Å². The number of aromatic hydroxyl groups is 1. The molecule has 1 saturated heterocycles. The van der Waals surface area contributed by atoms with E-state index in [1.165, 1.54) is 18.2 Å². The van der Waals surface area contributed by atoms with Gasteiger partial charge in [0.2, 0.25) is 0 Å². The van der Waals surface area contributed by atoms with E-state index in [0.717, 1.165) is 19.3 Å². The Hall–Kier alpha value is -2.20. The van der Waals surface area contributed by atoms with E-state index >= 15 is 0 Å². The molecule has 0 spiro atoms. The molecule has 0 saturated carbocycles. The zero-order valence-corrected chi connectivity index (χ0v) is 9.91. The van der Waals surface area contributed by atoms with E-state index in [0.29, 0.717) is 18.8 Å². The van der Waals surface area contributed by atoms with Crippen LogP contribution in [0.5, 0.6) is 5.75 Å². The number of carbonyl (C=O) groups excluding carboxylic acids is 1. The summed E-state index contributed by atoms with van der Waals surface area (Å²) in [4.78, 5) is 16.6. The zero-order chi connectivity index (χ0) is 13.0. The fourth-order valence-corrected chi connectivity index (χ4v) is 2.08. The summed E-state index contributed by atoms with van der Waals surface area (Å²) in [6, 6.07) is 4.27. The number of hydrogen-bond acceptors (Lipinski definition) is 3. The largest absolute Gasteiger partial charge is 0.507 e. The second-order valence-corrected chi connectivity index (χ2v) is 4.24. The number of azide groups is 1. The Morgan fingerprint density at radius 1 is 1.33 bits per heavy atom. The van der Waals surface area contributed by atoms with Crippen LogP contribution in [-0.2, 0) is 0 Å². The highest BCUT2D eigenvalue weighted by Crippen LogP contribution is 2.25. The average Bonchev–Trinajstić information content (AvgIpc) is 2.41. The Balaban J connectivity index is 2.27. The van der Waals surface area contributed by atoms with Gasteiger partial charge in [0.25, 0.3) is 5.91 Å². The number of phenols is 1. The summed E-state index contributed by atoms with van der Waals surface area (Å²) in [5, 5.41) is 13.2. The molecule has 2 rings (SSSR count). The Morgan fingerprint density at radius 3 is 2.72 bits per heavy atom. The molecule has 1 N–H and O–H groups in total. The van der Waals surface area contributed by atoms with Gasteiger partial charge in [0.15, 0.2) is 0 Å². The monoisotopic (exact) mass is 246 g/mol. The summed E-state index contributed by atoms with van der Waals surface area (Å²) in [5.41, 5.74) is 8.89. The van der Waals surface area contributed by atoms with Crippen LogP contribution in [0, 0.1) is 0 Å². The quantitative estimate of drug-likeness (QED) is 0.493. The van der Waals surface area contributed by atoms with Gasteiger partial charge >= 0.3 is 0 Å². The summed E-state index contributed by atoms with van der Waals surface area (Å²) in [7, 11) is 0. The number of phenolic OH excluding ortho intramolecular Hbond substituents is 1. The maximum Gasteiger partial charge on any atom is 0.257 e. The molecule has 1 aromatic rings. The molecule has 0 aliphatic carbocycles. The van der Waals surface area contributed by atoms with Crippen molar-refractivity contribution in [2.45, 2.75) is 19.3 Å². The molecule has 0 bridgehead atoms. The molecule has 1 fully saturated rings. The second kappa shape index (κ2) is 5.42. The summed E-state index contributed by atoms with van der Waals surface area (Å²) in [6.45, 7) is 1.42. The summed E-state index contributed by atoms with van der Waals surface area (Å²) in [6.07, 6.45) is 3.11. The smallest absolute Gasteiger partial charge is 0.257 e. The highest BCUT2D eigenvalue weighted by Gasteiger charge is 2.20. The fourth-order valence-electron chi connectivity index (χ4n) is 2.08. The van der Waals surface area contributed by atoms with Crippen molar-refractivity contribution in [3.8, 4) is 5.75 Å². The van der Waals surface area contributed by atoms with Crippen molar-refractivity contribution in [1.29, 1.82) is 0 Å². The molecule has 1 aliphatic heterocycles. The van der Waals surface area contributed by atoms with Gasteiger partial charge in [-0.1, -0.05) is 5.11 Å². The minimum atomic E-state index is -0.206. The molecule has 18 heavy (non-hydrogen) atoms. The lowest BCUT2D eigenvalue weighted by Crippen LogP contribution is -2.35. The van der Waals surface area contributed by atoms with Gasteiger partial charge in [-0.2, -0.15) is 0 Å². The molecular formula is C12H14N4O2. The predicted octanol–water partition coefficient (Wildman–Crippen LogP) is 2.96. The lowest BCUT2D eigenvalue weighted by Gasteiger charge is -2.27. The molecule has 94 valence electrons. The Kier molecular flexibility index (Phi) is 3.69. The second-order valence-electron chi connectivity index (χ2n) is 4.24. The Labute approximate surface area is 104 Å². The summed E-state index contributed by atoms with van der Waals surface area (Å²) < 4.78 is 0. The molecule has 6 heteroatoms. The first-order valence-corrected chi connectivity index (χ1v) is 5.90. The van der Waals surface area contributed by atoms with Crippen molar-refractivity contribution >= 4 is 11.6 Å². The third kappa shape index (κ3) is 2.55. The van der Waals surface area contributed by atoms with Gasteiger partial charge in [-0.3, -0.25) is 4.79 Å². The topological polar surface area (TPSA) is 89.3 Å². The minimum absolute atomic E-state index is 0.0811. The summed E-state index contributed by atoms with van der Waals surface area (Å²) >= 11 is 0. The SMILES string of the molecule is [N-]=[N+]=Nc1ccc(O)c(C(=O)N2CCCCC2)c1. The number of hydrogen-bond donors (Lipinski definition) is 1. The van der Waals surface area contributed by atoms with Gasteiger partial charge in [0, 0.05) is 23.7 Å². The van der Waals surface area contributed by atoms with Gasteiger partial charge in [0.05, 0.1) is 5.56 Å². The van der Waals surface area contributed by atoms with E-state index in [1.807, 2.05) is 0 Å². The van der Waals surface area contributed by atoms with Crippen LogP contribution in [0.3, 0.4) is 0 Å². The highest BCUT2D eigenvalue weighted by atomic mass is 16.3. The lowest BCUT2D eigenvalue weighted by atomic mass is 10.1. The first-order chi connectivity index (χ1) is 8.72. The molecule has 0 unspecified atom stereocenters. The first-order valence-electron chi connectivity index (χ1n) is 5.90.